The van der Waals surface area contributed by atoms with Gasteiger partial charge in [0.05, 0.1) is 12.0 Å². The van der Waals surface area contributed by atoms with E-state index in [2.05, 4.69) is 0 Å². The van der Waals surface area contributed by atoms with Crippen LogP contribution in [-0.4, -0.2) is 52.1 Å². The first-order chi connectivity index (χ1) is 15.3. The fourth-order valence-electron chi connectivity index (χ4n) is 7.74. The maximum Gasteiger partial charge on any atom is 0.306 e. The smallest absolute Gasteiger partial charge is 0.306 e. The number of aliphatic hydroxyl groups excluding tert-OH is 1. The van der Waals surface area contributed by atoms with Crippen molar-refractivity contribution >= 4 is 29.1 Å². The van der Waals surface area contributed by atoms with Gasteiger partial charge in [-0.15, -0.1) is 11.6 Å². The zero-order valence-electron chi connectivity index (χ0n) is 19.4. The molecule has 3 fully saturated rings. The average molecular weight is 485 g/mol. The second-order valence-corrected chi connectivity index (χ2v) is 10.9. The second kappa shape index (κ2) is 7.70. The third-order valence-electron chi connectivity index (χ3n) is 9.27. The van der Waals surface area contributed by atoms with Crippen LogP contribution in [0.15, 0.2) is 23.8 Å². The minimum Gasteiger partial charge on any atom is -0.450 e. The van der Waals surface area contributed by atoms with Gasteiger partial charge >= 0.3 is 5.97 Å². The lowest BCUT2D eigenvalue weighted by Gasteiger charge is -2.63. The summed E-state index contributed by atoms with van der Waals surface area (Å²) >= 11 is 5.97. The predicted molar refractivity (Wildman–Crippen MR) is 118 cm³/mol. The minimum absolute atomic E-state index is 0.0431. The molecule has 0 amide bonds. The number of aliphatic hydroxyl groups is 1. The summed E-state index contributed by atoms with van der Waals surface area (Å²) in [5, 5.41) is 11.4. The number of carbonyl (C=O) groups excluding carboxylic acids is 3. The average Bonchev–Trinajstić information content (AvgIpc) is 2.98. The van der Waals surface area contributed by atoms with Crippen molar-refractivity contribution in [1.82, 2.24) is 0 Å². The van der Waals surface area contributed by atoms with E-state index in [0.717, 1.165) is 6.08 Å². The van der Waals surface area contributed by atoms with Crippen LogP contribution in [-0.2, 0) is 19.1 Å². The number of carbonyl (C=O) groups is 3. The molecule has 0 aromatic carbocycles. The summed E-state index contributed by atoms with van der Waals surface area (Å²) in [4.78, 5) is 37.7. The van der Waals surface area contributed by atoms with Crippen molar-refractivity contribution in [1.29, 1.82) is 0 Å². The molecular formula is C25H31ClF2O5. The summed E-state index contributed by atoms with van der Waals surface area (Å²) in [7, 11) is 0. The fraction of sp³-hybridized carbons (Fsp3) is 0.720. The van der Waals surface area contributed by atoms with Crippen molar-refractivity contribution in [2.45, 2.75) is 76.9 Å². The molecule has 0 radical (unpaired) electrons. The van der Waals surface area contributed by atoms with Gasteiger partial charge in [0.1, 0.15) is 6.17 Å². The SMILES string of the molecule is CCC(=O)O[C@]1(C(=O)CCl)[C@@H](C)C[C@H]2[C@H]3C[C@H](F)C4=CC(=O)C=C[C@]4(C)[C@@]3(F)[C@@H](O)C[C@@]21C. The Morgan fingerprint density at radius 1 is 1.27 bits per heavy atom. The van der Waals surface area contributed by atoms with Crippen molar-refractivity contribution in [3.8, 4) is 0 Å². The van der Waals surface area contributed by atoms with Crippen LogP contribution >= 0.6 is 11.6 Å². The van der Waals surface area contributed by atoms with Crippen LogP contribution in [0.25, 0.3) is 0 Å². The van der Waals surface area contributed by atoms with E-state index in [4.69, 9.17) is 16.3 Å². The number of hydrogen-bond acceptors (Lipinski definition) is 5. The molecule has 3 saturated carbocycles. The molecule has 33 heavy (non-hydrogen) atoms. The standard InChI is InChI=1S/C25H31ClF2O5/c1-5-21(32)33-25(20(31)12-26)13(2)8-15-16-10-18(27)17-9-14(29)6-7-22(17,3)24(16,28)19(30)11-23(15,25)4/h6-7,9,13,15-16,18-19,30H,5,8,10-12H2,1-4H3/t13-,15-,16+,18-,19-,22-,23-,24-,25-/m0/s1. The van der Waals surface area contributed by atoms with Crippen molar-refractivity contribution in [2.75, 3.05) is 5.88 Å². The quantitative estimate of drug-likeness (QED) is 0.481. The third-order valence-corrected chi connectivity index (χ3v) is 9.51. The number of ether oxygens (including phenoxy) is 1. The molecule has 0 saturated heterocycles. The summed E-state index contributed by atoms with van der Waals surface area (Å²) in [6.07, 6.45) is 0.584. The van der Waals surface area contributed by atoms with Crippen molar-refractivity contribution in [3.63, 3.8) is 0 Å². The summed E-state index contributed by atoms with van der Waals surface area (Å²) in [6.45, 7) is 6.64. The molecule has 4 aliphatic carbocycles. The molecule has 0 unspecified atom stereocenters. The van der Waals surface area contributed by atoms with Gasteiger partial charge in [0.2, 0.25) is 0 Å². The molecule has 182 valence electrons. The van der Waals surface area contributed by atoms with E-state index in [9.17, 15) is 19.5 Å². The number of Topliss-reactive ketones (excluding diaryl/α,β-unsaturated/α-hetero) is 1. The lowest BCUT2D eigenvalue weighted by Crippen LogP contribution is -2.71. The van der Waals surface area contributed by atoms with E-state index in [0.29, 0.717) is 6.42 Å². The molecule has 5 nitrogen and oxygen atoms in total. The lowest BCUT2D eigenvalue weighted by molar-refractivity contribution is -0.230. The normalized spacial score (nSPS) is 48.4. The van der Waals surface area contributed by atoms with Crippen molar-refractivity contribution < 1.29 is 33.0 Å². The van der Waals surface area contributed by atoms with Gasteiger partial charge in [0.15, 0.2) is 22.8 Å². The Morgan fingerprint density at radius 2 is 1.94 bits per heavy atom. The maximum absolute atomic E-state index is 17.2. The summed E-state index contributed by atoms with van der Waals surface area (Å²) in [5.74, 6) is -3.84. The van der Waals surface area contributed by atoms with Crippen LogP contribution in [0.1, 0.15) is 53.4 Å². The first-order valence-electron chi connectivity index (χ1n) is 11.6. The molecule has 0 bridgehead atoms. The van der Waals surface area contributed by atoms with Crippen LogP contribution in [0.3, 0.4) is 0 Å². The molecule has 1 N–H and O–H groups in total. The Hall–Kier alpha value is -1.60. The minimum atomic E-state index is -2.25. The molecule has 9 atom stereocenters. The first-order valence-corrected chi connectivity index (χ1v) is 12.1. The summed E-state index contributed by atoms with van der Waals surface area (Å²) < 4.78 is 38.5. The number of rotatable bonds is 4. The lowest BCUT2D eigenvalue weighted by atomic mass is 9.44. The molecule has 4 aliphatic rings. The van der Waals surface area contributed by atoms with E-state index in [1.165, 1.54) is 19.1 Å². The molecular weight excluding hydrogens is 454 g/mol. The molecule has 0 aromatic heterocycles. The van der Waals surface area contributed by atoms with Gasteiger partial charge in [-0.05, 0) is 49.8 Å². The molecule has 8 heteroatoms. The van der Waals surface area contributed by atoms with E-state index in [1.54, 1.807) is 20.8 Å². The zero-order chi connectivity index (χ0) is 24.6. The van der Waals surface area contributed by atoms with Gasteiger partial charge < -0.3 is 9.84 Å². The van der Waals surface area contributed by atoms with Crippen molar-refractivity contribution in [3.05, 3.63) is 23.8 Å². The van der Waals surface area contributed by atoms with Crippen LogP contribution in [0.2, 0.25) is 0 Å². The van der Waals surface area contributed by atoms with Crippen molar-refractivity contribution in [2.24, 2.45) is 28.6 Å². The third kappa shape index (κ3) is 2.87. The van der Waals surface area contributed by atoms with E-state index < -0.39 is 75.5 Å². The Bertz CT molecular complexity index is 964. The Morgan fingerprint density at radius 3 is 2.55 bits per heavy atom. The Balaban J connectivity index is 1.88. The number of ketones is 2. The van der Waals surface area contributed by atoms with Gasteiger partial charge in [0, 0.05) is 29.1 Å². The zero-order valence-corrected chi connectivity index (χ0v) is 20.1. The maximum atomic E-state index is 17.2. The topological polar surface area (TPSA) is 80.7 Å². The predicted octanol–water partition coefficient (Wildman–Crippen LogP) is 4.05. The number of esters is 1. The summed E-state index contributed by atoms with van der Waals surface area (Å²) in [6, 6.07) is 0. The largest absolute Gasteiger partial charge is 0.450 e. The highest BCUT2D eigenvalue weighted by Gasteiger charge is 2.77. The van der Waals surface area contributed by atoms with Crippen LogP contribution < -0.4 is 0 Å². The highest BCUT2D eigenvalue weighted by atomic mass is 35.5. The molecule has 4 rings (SSSR count). The number of alkyl halides is 3. The molecule has 0 aliphatic heterocycles. The van der Waals surface area contributed by atoms with Gasteiger partial charge in [-0.25, -0.2) is 8.78 Å². The molecule has 0 aromatic rings. The number of halogens is 3. The monoisotopic (exact) mass is 484 g/mol. The van der Waals surface area contributed by atoms with Crippen LogP contribution in [0.5, 0.6) is 0 Å². The van der Waals surface area contributed by atoms with E-state index in [1.807, 2.05) is 0 Å². The van der Waals surface area contributed by atoms with Crippen LogP contribution in [0, 0.1) is 28.6 Å². The van der Waals surface area contributed by atoms with E-state index in [-0.39, 0.29) is 24.8 Å². The fourth-order valence-corrected chi connectivity index (χ4v) is 7.94. The number of fused-ring (bicyclic) bond motifs is 5. The summed E-state index contributed by atoms with van der Waals surface area (Å²) in [5.41, 5.74) is -6.47. The molecule has 0 spiro atoms. The highest BCUT2D eigenvalue weighted by Crippen LogP contribution is 2.71. The van der Waals surface area contributed by atoms with Gasteiger partial charge in [-0.2, -0.15) is 0 Å². The number of hydrogen-bond donors (Lipinski definition) is 1. The number of allylic oxidation sites excluding steroid dienone is 4. The highest BCUT2D eigenvalue weighted by molar-refractivity contribution is 6.29. The molecule has 0 heterocycles. The first kappa shape index (κ1) is 24.5. The van der Waals surface area contributed by atoms with Gasteiger partial charge in [-0.3, -0.25) is 14.4 Å². The Kier molecular flexibility index (Phi) is 5.73. The Labute approximate surface area is 197 Å². The second-order valence-electron chi connectivity index (χ2n) is 10.6. The van der Waals surface area contributed by atoms with Gasteiger partial charge in [0.25, 0.3) is 0 Å². The van der Waals surface area contributed by atoms with Gasteiger partial charge in [-0.1, -0.05) is 26.8 Å². The van der Waals surface area contributed by atoms with E-state index >= 15 is 8.78 Å². The van der Waals surface area contributed by atoms with Crippen LogP contribution in [0.4, 0.5) is 8.78 Å².